The van der Waals surface area contributed by atoms with E-state index < -0.39 is 0 Å². The number of guanidine groups is 1. The molecule has 0 bridgehead atoms. The molecule has 0 aliphatic carbocycles. The lowest BCUT2D eigenvalue weighted by molar-refractivity contribution is 0.124. The largest absolute Gasteiger partial charge is 0.356 e. The summed E-state index contributed by atoms with van der Waals surface area (Å²) < 4.78 is 0. The molecule has 7 heteroatoms. The number of nitrogens with one attached hydrogen (secondary N) is 2. The number of hydrogen-bond acceptors (Lipinski definition) is 4. The maximum absolute atomic E-state index is 4.31. The lowest BCUT2D eigenvalue weighted by Gasteiger charge is -2.35. The average molecular weight is 465 g/mol. The van der Waals surface area contributed by atoms with Crippen LogP contribution in [0.15, 0.2) is 22.5 Å². The van der Waals surface area contributed by atoms with Gasteiger partial charge in [-0.05, 0) is 23.9 Å². The number of halogens is 1. The molecule has 0 amide bonds. The van der Waals surface area contributed by atoms with Gasteiger partial charge in [0.15, 0.2) is 5.96 Å². The van der Waals surface area contributed by atoms with Gasteiger partial charge in [-0.3, -0.25) is 4.99 Å². The molecule has 0 spiro atoms. The predicted octanol–water partition coefficient (Wildman–Crippen LogP) is 2.30. The molecule has 1 saturated heterocycles. The van der Waals surface area contributed by atoms with E-state index in [0.29, 0.717) is 5.92 Å². The topological polar surface area (TPSA) is 42.9 Å². The van der Waals surface area contributed by atoms with Crippen molar-refractivity contribution in [3.63, 3.8) is 0 Å². The summed E-state index contributed by atoms with van der Waals surface area (Å²) in [5.74, 6) is 1.50. The van der Waals surface area contributed by atoms with Crippen LogP contribution < -0.4 is 10.6 Å². The molecule has 138 valence electrons. The second-order valence-electron chi connectivity index (χ2n) is 6.23. The van der Waals surface area contributed by atoms with Gasteiger partial charge in [-0.15, -0.1) is 35.3 Å². The van der Waals surface area contributed by atoms with Gasteiger partial charge in [-0.25, -0.2) is 0 Å². The lowest BCUT2D eigenvalue weighted by Crippen LogP contribution is -2.48. The van der Waals surface area contributed by atoms with Gasteiger partial charge >= 0.3 is 0 Å². The molecule has 2 N–H and O–H groups in total. The molecule has 5 nitrogen and oxygen atoms in total. The summed E-state index contributed by atoms with van der Waals surface area (Å²) >= 11 is 1.77. The zero-order valence-corrected chi connectivity index (χ0v) is 18.3. The zero-order valence-electron chi connectivity index (χ0n) is 15.1. The molecular weight excluding hydrogens is 433 g/mol. The van der Waals surface area contributed by atoms with Gasteiger partial charge in [-0.1, -0.05) is 19.9 Å². The third-order valence-electron chi connectivity index (χ3n) is 4.33. The van der Waals surface area contributed by atoms with Gasteiger partial charge < -0.3 is 20.4 Å². The highest BCUT2D eigenvalue weighted by Crippen LogP contribution is 2.07. The number of thiophene rings is 1. The molecule has 1 fully saturated rings. The molecule has 1 aromatic rings. The summed E-state index contributed by atoms with van der Waals surface area (Å²) in [6, 6.07) is 4.22. The van der Waals surface area contributed by atoms with Crippen LogP contribution >= 0.6 is 35.3 Å². The van der Waals surface area contributed by atoms with E-state index in [1.165, 1.54) is 37.6 Å². The minimum atomic E-state index is 0. The van der Waals surface area contributed by atoms with Crippen LogP contribution in [-0.2, 0) is 6.54 Å². The Hall–Kier alpha value is -0.380. The first-order valence-electron chi connectivity index (χ1n) is 8.62. The Bertz CT molecular complexity index is 458. The minimum absolute atomic E-state index is 0. The maximum atomic E-state index is 4.31. The molecule has 2 rings (SSSR count). The first-order valence-corrected chi connectivity index (χ1v) is 9.50. The quantitative estimate of drug-likeness (QED) is 0.369. The van der Waals surface area contributed by atoms with Crippen molar-refractivity contribution in [3.8, 4) is 0 Å². The molecular formula is C17H32IN5S. The van der Waals surface area contributed by atoms with Gasteiger partial charge in [0, 0.05) is 51.2 Å². The fourth-order valence-corrected chi connectivity index (χ4v) is 3.51. The SMILES string of the molecule is CCN1CCN(CC(C)CNC(=NC)NCc2cccs2)CC1.I. The Kier molecular flexibility index (Phi) is 10.9. The second-order valence-corrected chi connectivity index (χ2v) is 7.26. The van der Waals surface area contributed by atoms with Crippen molar-refractivity contribution in [1.29, 1.82) is 0 Å². The third-order valence-corrected chi connectivity index (χ3v) is 5.21. The molecule has 0 radical (unpaired) electrons. The lowest BCUT2D eigenvalue weighted by atomic mass is 10.1. The number of hydrogen-bond donors (Lipinski definition) is 2. The third kappa shape index (κ3) is 7.67. The minimum Gasteiger partial charge on any atom is -0.356 e. The van der Waals surface area contributed by atoms with Crippen LogP contribution in [0.3, 0.4) is 0 Å². The molecule has 2 heterocycles. The first kappa shape index (κ1) is 21.7. The van der Waals surface area contributed by atoms with Gasteiger partial charge in [0.1, 0.15) is 0 Å². The van der Waals surface area contributed by atoms with Gasteiger partial charge in [-0.2, -0.15) is 0 Å². The van der Waals surface area contributed by atoms with Crippen LogP contribution in [0.2, 0.25) is 0 Å². The van der Waals surface area contributed by atoms with E-state index in [1.54, 1.807) is 11.3 Å². The number of piperazine rings is 1. The summed E-state index contributed by atoms with van der Waals surface area (Å²) in [4.78, 5) is 10.7. The zero-order chi connectivity index (χ0) is 16.5. The van der Waals surface area contributed by atoms with E-state index in [0.717, 1.165) is 25.6 Å². The van der Waals surface area contributed by atoms with Crippen LogP contribution in [0.25, 0.3) is 0 Å². The summed E-state index contributed by atoms with van der Waals surface area (Å²) in [6.45, 7) is 13.5. The fourth-order valence-electron chi connectivity index (χ4n) is 2.87. The molecule has 1 aromatic heterocycles. The number of likely N-dealkylation sites (N-methyl/N-ethyl adjacent to an activating group) is 1. The van der Waals surface area contributed by atoms with Crippen molar-refractivity contribution >= 4 is 41.3 Å². The fraction of sp³-hybridized carbons (Fsp3) is 0.706. The Morgan fingerprint density at radius 1 is 1.25 bits per heavy atom. The summed E-state index contributed by atoms with van der Waals surface area (Å²) in [5.41, 5.74) is 0. The van der Waals surface area contributed by atoms with Crippen molar-refractivity contribution in [3.05, 3.63) is 22.4 Å². The number of nitrogens with zero attached hydrogens (tertiary/aromatic N) is 3. The van der Waals surface area contributed by atoms with Crippen molar-refractivity contribution in [2.75, 3.05) is 52.9 Å². The van der Waals surface area contributed by atoms with Crippen LogP contribution in [-0.4, -0.2) is 68.6 Å². The van der Waals surface area contributed by atoms with Crippen LogP contribution in [0.4, 0.5) is 0 Å². The highest BCUT2D eigenvalue weighted by molar-refractivity contribution is 14.0. The van der Waals surface area contributed by atoms with Crippen molar-refractivity contribution in [2.45, 2.75) is 20.4 Å². The van der Waals surface area contributed by atoms with Gasteiger partial charge in [0.2, 0.25) is 0 Å². The van der Waals surface area contributed by atoms with E-state index in [2.05, 4.69) is 56.8 Å². The Labute approximate surface area is 167 Å². The standard InChI is InChI=1S/C17H31N5S.HI/c1-4-21-7-9-22(10-8-21)14-15(2)12-19-17(18-3)20-13-16-6-5-11-23-16;/h5-6,11,15H,4,7-10,12-14H2,1-3H3,(H2,18,19,20);1H. The average Bonchev–Trinajstić information content (AvgIpc) is 3.09. The van der Waals surface area contributed by atoms with Crippen LogP contribution in [0, 0.1) is 5.92 Å². The molecule has 0 saturated carbocycles. The van der Waals surface area contributed by atoms with Crippen LogP contribution in [0.5, 0.6) is 0 Å². The highest BCUT2D eigenvalue weighted by Gasteiger charge is 2.17. The molecule has 1 aliphatic rings. The molecule has 1 unspecified atom stereocenters. The van der Waals surface area contributed by atoms with E-state index >= 15 is 0 Å². The highest BCUT2D eigenvalue weighted by atomic mass is 127. The maximum Gasteiger partial charge on any atom is 0.191 e. The molecule has 1 aliphatic heterocycles. The smallest absolute Gasteiger partial charge is 0.191 e. The van der Waals surface area contributed by atoms with Gasteiger partial charge in [0.25, 0.3) is 0 Å². The summed E-state index contributed by atoms with van der Waals surface area (Å²) in [5, 5.41) is 8.93. The van der Waals surface area contributed by atoms with E-state index in [4.69, 9.17) is 0 Å². The van der Waals surface area contributed by atoms with E-state index in [-0.39, 0.29) is 24.0 Å². The molecule has 0 aromatic carbocycles. The predicted molar refractivity (Wildman–Crippen MR) is 116 cm³/mol. The van der Waals surface area contributed by atoms with Gasteiger partial charge in [0.05, 0.1) is 6.54 Å². The number of rotatable bonds is 7. The normalized spacial score (nSPS) is 18.0. The van der Waals surface area contributed by atoms with E-state index in [9.17, 15) is 0 Å². The Balaban J connectivity index is 0.00000288. The van der Waals surface area contributed by atoms with E-state index in [1.807, 2.05) is 7.05 Å². The Morgan fingerprint density at radius 2 is 1.96 bits per heavy atom. The van der Waals surface area contributed by atoms with Crippen molar-refractivity contribution < 1.29 is 0 Å². The number of aliphatic imine (C=N–C) groups is 1. The molecule has 24 heavy (non-hydrogen) atoms. The first-order chi connectivity index (χ1) is 11.2. The summed E-state index contributed by atoms with van der Waals surface area (Å²) in [6.07, 6.45) is 0. The van der Waals surface area contributed by atoms with Crippen molar-refractivity contribution in [2.24, 2.45) is 10.9 Å². The summed E-state index contributed by atoms with van der Waals surface area (Å²) in [7, 11) is 1.83. The van der Waals surface area contributed by atoms with Crippen LogP contribution in [0.1, 0.15) is 18.7 Å². The second kappa shape index (κ2) is 12.1. The van der Waals surface area contributed by atoms with Crippen molar-refractivity contribution in [1.82, 2.24) is 20.4 Å². The monoisotopic (exact) mass is 465 g/mol. The Morgan fingerprint density at radius 3 is 2.54 bits per heavy atom. The molecule has 1 atom stereocenters.